The van der Waals surface area contributed by atoms with Crippen LogP contribution in [-0.4, -0.2) is 11.6 Å². The molecule has 0 saturated carbocycles. The standard InChI is InChI=1S/C9H8ClNO/c1-2-5-12-9-3-4-11-8(6-9)7-10/h1,3-4,6H,5,7H2. The lowest BCUT2D eigenvalue weighted by molar-refractivity contribution is 0.369. The minimum atomic E-state index is 0.270. The molecule has 1 heterocycles. The molecule has 0 saturated heterocycles. The molecule has 3 heteroatoms. The number of hydrogen-bond donors (Lipinski definition) is 0. The monoisotopic (exact) mass is 181 g/mol. The van der Waals surface area contributed by atoms with Gasteiger partial charge in [0, 0.05) is 12.3 Å². The number of aromatic nitrogens is 1. The van der Waals surface area contributed by atoms with E-state index in [0.717, 1.165) is 5.69 Å². The van der Waals surface area contributed by atoms with E-state index in [-0.39, 0.29) is 6.61 Å². The SMILES string of the molecule is C#CCOc1ccnc(CCl)c1. The van der Waals surface area contributed by atoms with Gasteiger partial charge in [0.1, 0.15) is 12.4 Å². The van der Waals surface area contributed by atoms with E-state index in [4.69, 9.17) is 22.8 Å². The largest absolute Gasteiger partial charge is 0.481 e. The molecule has 0 bridgehead atoms. The number of rotatable bonds is 3. The van der Waals surface area contributed by atoms with Crippen molar-refractivity contribution in [1.82, 2.24) is 4.98 Å². The fourth-order valence-electron chi connectivity index (χ4n) is 0.744. The number of ether oxygens (including phenoxy) is 1. The van der Waals surface area contributed by atoms with Crippen molar-refractivity contribution in [3.63, 3.8) is 0 Å². The average molecular weight is 182 g/mol. The van der Waals surface area contributed by atoms with Crippen molar-refractivity contribution in [2.45, 2.75) is 5.88 Å². The van der Waals surface area contributed by atoms with Crippen LogP contribution >= 0.6 is 11.6 Å². The summed E-state index contributed by atoms with van der Waals surface area (Å²) >= 11 is 5.57. The van der Waals surface area contributed by atoms with Gasteiger partial charge in [0.15, 0.2) is 0 Å². The lowest BCUT2D eigenvalue weighted by Crippen LogP contribution is -1.94. The molecule has 0 aliphatic heterocycles. The van der Waals surface area contributed by atoms with Gasteiger partial charge < -0.3 is 4.74 Å². The van der Waals surface area contributed by atoms with Crippen molar-refractivity contribution < 1.29 is 4.74 Å². The average Bonchev–Trinajstić information content (AvgIpc) is 2.15. The summed E-state index contributed by atoms with van der Waals surface area (Å²) in [6.45, 7) is 0.270. The second-order valence-electron chi connectivity index (χ2n) is 2.11. The topological polar surface area (TPSA) is 22.1 Å². The molecule has 62 valence electrons. The molecular formula is C9H8ClNO. The van der Waals surface area contributed by atoms with E-state index in [2.05, 4.69) is 10.9 Å². The summed E-state index contributed by atoms with van der Waals surface area (Å²) in [5, 5.41) is 0. The number of hydrogen-bond acceptors (Lipinski definition) is 2. The lowest BCUT2D eigenvalue weighted by atomic mass is 10.3. The zero-order valence-corrected chi connectivity index (χ0v) is 7.21. The Bertz CT molecular complexity index is 293. The van der Waals surface area contributed by atoms with Crippen LogP contribution < -0.4 is 4.74 Å². The van der Waals surface area contributed by atoms with E-state index in [9.17, 15) is 0 Å². The van der Waals surface area contributed by atoms with Gasteiger partial charge in [-0.1, -0.05) is 5.92 Å². The third-order valence-corrected chi connectivity index (χ3v) is 1.52. The van der Waals surface area contributed by atoms with Gasteiger partial charge in [0.25, 0.3) is 0 Å². The van der Waals surface area contributed by atoms with E-state index in [1.807, 2.05) is 0 Å². The molecule has 0 fully saturated rings. The number of alkyl halides is 1. The highest BCUT2D eigenvalue weighted by molar-refractivity contribution is 6.16. The molecule has 12 heavy (non-hydrogen) atoms. The molecule has 0 unspecified atom stereocenters. The molecule has 1 rings (SSSR count). The van der Waals surface area contributed by atoms with Crippen LogP contribution in [0.15, 0.2) is 18.3 Å². The van der Waals surface area contributed by atoms with Crippen LogP contribution in [-0.2, 0) is 5.88 Å². The Labute approximate surface area is 76.5 Å². The van der Waals surface area contributed by atoms with Gasteiger partial charge in [-0.2, -0.15) is 0 Å². The molecule has 0 aliphatic rings. The molecule has 0 aromatic carbocycles. The van der Waals surface area contributed by atoms with Crippen LogP contribution in [0.2, 0.25) is 0 Å². The number of terminal acetylenes is 1. The number of nitrogens with zero attached hydrogens (tertiary/aromatic N) is 1. The van der Waals surface area contributed by atoms with E-state index in [1.54, 1.807) is 18.3 Å². The van der Waals surface area contributed by atoms with Crippen LogP contribution in [0, 0.1) is 12.3 Å². The Morgan fingerprint density at radius 1 is 1.67 bits per heavy atom. The third kappa shape index (κ3) is 2.44. The van der Waals surface area contributed by atoms with Crippen LogP contribution in [0.3, 0.4) is 0 Å². The van der Waals surface area contributed by atoms with Crippen molar-refractivity contribution in [2.24, 2.45) is 0 Å². The molecule has 0 radical (unpaired) electrons. The summed E-state index contributed by atoms with van der Waals surface area (Å²) in [5.41, 5.74) is 0.784. The summed E-state index contributed by atoms with van der Waals surface area (Å²) in [7, 11) is 0. The van der Waals surface area contributed by atoms with Gasteiger partial charge in [-0.05, 0) is 6.07 Å². The highest BCUT2D eigenvalue weighted by Gasteiger charge is 1.95. The molecule has 0 N–H and O–H groups in total. The summed E-state index contributed by atoms with van der Waals surface area (Å²) in [4.78, 5) is 4.00. The van der Waals surface area contributed by atoms with Crippen LogP contribution in [0.5, 0.6) is 5.75 Å². The highest BCUT2D eigenvalue weighted by Crippen LogP contribution is 2.11. The maximum Gasteiger partial charge on any atom is 0.148 e. The van der Waals surface area contributed by atoms with Gasteiger partial charge in [-0.25, -0.2) is 0 Å². The molecule has 1 aromatic rings. The lowest BCUT2D eigenvalue weighted by Gasteiger charge is -2.01. The van der Waals surface area contributed by atoms with Gasteiger partial charge in [-0.3, -0.25) is 4.98 Å². The number of halogens is 1. The first-order chi connectivity index (χ1) is 5.86. The number of pyridine rings is 1. The maximum absolute atomic E-state index is 5.57. The first-order valence-corrected chi connectivity index (χ1v) is 3.97. The highest BCUT2D eigenvalue weighted by atomic mass is 35.5. The summed E-state index contributed by atoms with van der Waals surface area (Å²) in [5.74, 6) is 3.47. The van der Waals surface area contributed by atoms with E-state index in [1.165, 1.54) is 0 Å². The van der Waals surface area contributed by atoms with Crippen molar-refractivity contribution in [2.75, 3.05) is 6.61 Å². The quantitative estimate of drug-likeness (QED) is 0.525. The van der Waals surface area contributed by atoms with E-state index in [0.29, 0.717) is 11.6 Å². The van der Waals surface area contributed by atoms with Gasteiger partial charge in [-0.15, -0.1) is 18.0 Å². The molecule has 0 atom stereocenters. The minimum absolute atomic E-state index is 0.270. The van der Waals surface area contributed by atoms with Gasteiger partial charge in [0.2, 0.25) is 0 Å². The smallest absolute Gasteiger partial charge is 0.148 e. The van der Waals surface area contributed by atoms with Gasteiger partial charge in [0.05, 0.1) is 11.6 Å². The van der Waals surface area contributed by atoms with Crippen molar-refractivity contribution in [3.05, 3.63) is 24.0 Å². The van der Waals surface area contributed by atoms with Crippen LogP contribution in [0.4, 0.5) is 0 Å². The maximum atomic E-state index is 5.57. The fraction of sp³-hybridized carbons (Fsp3) is 0.222. The van der Waals surface area contributed by atoms with E-state index < -0.39 is 0 Å². The summed E-state index contributed by atoms with van der Waals surface area (Å²) in [6.07, 6.45) is 6.67. The Balaban J connectivity index is 2.67. The Hall–Kier alpha value is -1.20. The zero-order chi connectivity index (χ0) is 8.81. The normalized spacial score (nSPS) is 9.00. The predicted octanol–water partition coefficient (Wildman–Crippen LogP) is 1.83. The van der Waals surface area contributed by atoms with Crippen molar-refractivity contribution >= 4 is 11.6 Å². The Kier molecular flexibility index (Phi) is 3.43. The molecule has 1 aromatic heterocycles. The van der Waals surface area contributed by atoms with Crippen LogP contribution in [0.25, 0.3) is 0 Å². The fourth-order valence-corrected chi connectivity index (χ4v) is 0.890. The van der Waals surface area contributed by atoms with Crippen LogP contribution in [0.1, 0.15) is 5.69 Å². The molecular weight excluding hydrogens is 174 g/mol. The first-order valence-electron chi connectivity index (χ1n) is 3.44. The Morgan fingerprint density at radius 2 is 2.50 bits per heavy atom. The summed E-state index contributed by atoms with van der Waals surface area (Å²) in [6, 6.07) is 3.51. The van der Waals surface area contributed by atoms with Crippen molar-refractivity contribution in [1.29, 1.82) is 0 Å². The van der Waals surface area contributed by atoms with Gasteiger partial charge >= 0.3 is 0 Å². The first kappa shape index (κ1) is 8.89. The Morgan fingerprint density at radius 3 is 3.17 bits per heavy atom. The molecule has 2 nitrogen and oxygen atoms in total. The molecule has 0 amide bonds. The predicted molar refractivity (Wildman–Crippen MR) is 48.1 cm³/mol. The zero-order valence-electron chi connectivity index (χ0n) is 6.46. The second-order valence-corrected chi connectivity index (χ2v) is 2.38. The second kappa shape index (κ2) is 4.63. The van der Waals surface area contributed by atoms with E-state index >= 15 is 0 Å². The molecule has 0 spiro atoms. The summed E-state index contributed by atoms with van der Waals surface area (Å²) < 4.78 is 5.16. The minimum Gasteiger partial charge on any atom is -0.481 e. The van der Waals surface area contributed by atoms with Crippen molar-refractivity contribution in [3.8, 4) is 18.1 Å². The molecule has 0 aliphatic carbocycles. The third-order valence-electron chi connectivity index (χ3n) is 1.25.